The van der Waals surface area contributed by atoms with E-state index in [9.17, 15) is 9.18 Å². The number of carbonyl (C=O) groups excluding carboxylic acids is 1. The predicted octanol–water partition coefficient (Wildman–Crippen LogP) is 1.83. The highest BCUT2D eigenvalue weighted by molar-refractivity contribution is 9.10. The molecule has 2 rings (SSSR count). The molecule has 1 aromatic rings. The Bertz CT molecular complexity index is 435. The highest BCUT2D eigenvalue weighted by atomic mass is 79.9. The van der Waals surface area contributed by atoms with E-state index in [1.807, 2.05) is 0 Å². The topological polar surface area (TPSA) is 38.8 Å². The second kappa shape index (κ2) is 6.15. The number of morpholine rings is 1. The van der Waals surface area contributed by atoms with Gasteiger partial charge in [0.05, 0.1) is 17.7 Å². The molecular weight excluding hydrogens is 305 g/mol. The predicted molar refractivity (Wildman–Crippen MR) is 67.0 cm³/mol. The van der Waals surface area contributed by atoms with E-state index in [1.54, 1.807) is 4.90 Å². The summed E-state index contributed by atoms with van der Waals surface area (Å²) in [5.41, 5.74) is 0. The zero-order chi connectivity index (χ0) is 13.0. The van der Waals surface area contributed by atoms with Crippen LogP contribution in [0.1, 0.15) is 0 Å². The van der Waals surface area contributed by atoms with Crippen molar-refractivity contribution in [3.05, 3.63) is 28.5 Å². The van der Waals surface area contributed by atoms with Crippen LogP contribution in [0.4, 0.5) is 4.39 Å². The molecule has 1 aliphatic rings. The second-order valence-electron chi connectivity index (χ2n) is 3.86. The monoisotopic (exact) mass is 317 g/mol. The second-order valence-corrected chi connectivity index (χ2v) is 4.71. The van der Waals surface area contributed by atoms with Crippen molar-refractivity contribution in [3.8, 4) is 5.75 Å². The average Bonchev–Trinajstić information content (AvgIpc) is 2.41. The highest BCUT2D eigenvalue weighted by Crippen LogP contribution is 2.21. The van der Waals surface area contributed by atoms with Gasteiger partial charge < -0.3 is 14.4 Å². The number of hydrogen-bond donors (Lipinski definition) is 0. The van der Waals surface area contributed by atoms with Crippen LogP contribution in [0, 0.1) is 5.82 Å². The largest absolute Gasteiger partial charge is 0.484 e. The first kappa shape index (κ1) is 13.3. The summed E-state index contributed by atoms with van der Waals surface area (Å²) in [7, 11) is 0. The molecule has 4 nitrogen and oxygen atoms in total. The molecule has 0 spiro atoms. The fourth-order valence-electron chi connectivity index (χ4n) is 1.62. The third-order valence-corrected chi connectivity index (χ3v) is 3.22. The van der Waals surface area contributed by atoms with Gasteiger partial charge in [-0.25, -0.2) is 4.39 Å². The molecule has 0 radical (unpaired) electrons. The normalized spacial score (nSPS) is 15.6. The number of halogens is 2. The lowest BCUT2D eigenvalue weighted by atomic mass is 10.3. The number of carbonyl (C=O) groups is 1. The van der Waals surface area contributed by atoms with Gasteiger partial charge in [-0.15, -0.1) is 0 Å². The van der Waals surface area contributed by atoms with Crippen LogP contribution in [0.5, 0.6) is 5.75 Å². The third kappa shape index (κ3) is 3.43. The summed E-state index contributed by atoms with van der Waals surface area (Å²) in [6.07, 6.45) is 0. The maximum absolute atomic E-state index is 13.0. The Kier molecular flexibility index (Phi) is 4.54. The van der Waals surface area contributed by atoms with Crippen LogP contribution in [0.15, 0.2) is 22.7 Å². The average molecular weight is 318 g/mol. The molecule has 1 fully saturated rings. The van der Waals surface area contributed by atoms with E-state index in [-0.39, 0.29) is 18.3 Å². The molecule has 0 bridgehead atoms. The molecule has 1 saturated heterocycles. The van der Waals surface area contributed by atoms with E-state index in [0.29, 0.717) is 36.5 Å². The van der Waals surface area contributed by atoms with E-state index in [1.165, 1.54) is 18.2 Å². The Morgan fingerprint density at radius 2 is 2.17 bits per heavy atom. The Morgan fingerprint density at radius 1 is 1.44 bits per heavy atom. The molecule has 1 amide bonds. The lowest BCUT2D eigenvalue weighted by Gasteiger charge is -2.26. The van der Waals surface area contributed by atoms with E-state index in [0.717, 1.165) is 0 Å². The highest BCUT2D eigenvalue weighted by Gasteiger charge is 2.17. The van der Waals surface area contributed by atoms with Crippen LogP contribution in [-0.2, 0) is 9.53 Å². The van der Waals surface area contributed by atoms with Crippen molar-refractivity contribution < 1.29 is 18.7 Å². The molecule has 1 aromatic carbocycles. The molecule has 18 heavy (non-hydrogen) atoms. The van der Waals surface area contributed by atoms with Crippen LogP contribution in [0.2, 0.25) is 0 Å². The number of hydrogen-bond acceptors (Lipinski definition) is 3. The van der Waals surface area contributed by atoms with Crippen molar-refractivity contribution in [1.82, 2.24) is 4.90 Å². The van der Waals surface area contributed by atoms with Crippen LogP contribution < -0.4 is 4.74 Å². The van der Waals surface area contributed by atoms with Gasteiger partial charge in [0.1, 0.15) is 11.6 Å². The van der Waals surface area contributed by atoms with Crippen molar-refractivity contribution in [2.24, 2.45) is 0 Å². The van der Waals surface area contributed by atoms with Gasteiger partial charge in [-0.2, -0.15) is 0 Å². The Morgan fingerprint density at radius 3 is 2.83 bits per heavy atom. The van der Waals surface area contributed by atoms with Crippen molar-refractivity contribution >= 4 is 21.8 Å². The van der Waals surface area contributed by atoms with Gasteiger partial charge in [0.2, 0.25) is 0 Å². The number of nitrogens with zero attached hydrogens (tertiary/aromatic N) is 1. The lowest BCUT2D eigenvalue weighted by molar-refractivity contribution is -0.137. The standard InChI is InChI=1S/C12H13BrFNO3/c13-10-7-9(1-2-11(10)14)18-8-12(16)15-3-5-17-6-4-15/h1-2,7H,3-6,8H2. The number of ether oxygens (including phenoxy) is 2. The minimum Gasteiger partial charge on any atom is -0.484 e. The summed E-state index contributed by atoms with van der Waals surface area (Å²) in [6.45, 7) is 2.27. The molecule has 0 saturated carbocycles. The van der Waals surface area contributed by atoms with Gasteiger partial charge in [0.25, 0.3) is 5.91 Å². The molecule has 0 atom stereocenters. The fourth-order valence-corrected chi connectivity index (χ4v) is 1.97. The van der Waals surface area contributed by atoms with Gasteiger partial charge in [-0.05, 0) is 34.1 Å². The third-order valence-electron chi connectivity index (χ3n) is 2.62. The van der Waals surface area contributed by atoms with Crippen LogP contribution in [0.3, 0.4) is 0 Å². The van der Waals surface area contributed by atoms with E-state index < -0.39 is 0 Å². The summed E-state index contributed by atoms with van der Waals surface area (Å²) in [5.74, 6) is 0.0190. The van der Waals surface area contributed by atoms with Gasteiger partial charge in [0, 0.05) is 13.1 Å². The van der Waals surface area contributed by atoms with Crippen molar-refractivity contribution in [3.63, 3.8) is 0 Å². The minimum absolute atomic E-state index is 0.0436. The zero-order valence-electron chi connectivity index (χ0n) is 9.70. The SMILES string of the molecule is O=C(COc1ccc(F)c(Br)c1)N1CCOCC1. The van der Waals surface area contributed by atoms with Crippen LogP contribution in [-0.4, -0.2) is 43.7 Å². The number of benzene rings is 1. The molecule has 0 unspecified atom stereocenters. The first-order chi connectivity index (χ1) is 8.66. The van der Waals surface area contributed by atoms with Crippen molar-refractivity contribution in [1.29, 1.82) is 0 Å². The van der Waals surface area contributed by atoms with Gasteiger partial charge in [0.15, 0.2) is 6.61 Å². The zero-order valence-corrected chi connectivity index (χ0v) is 11.3. The van der Waals surface area contributed by atoms with E-state index >= 15 is 0 Å². The molecule has 1 heterocycles. The Balaban J connectivity index is 1.86. The first-order valence-electron chi connectivity index (χ1n) is 5.60. The molecule has 0 aromatic heterocycles. The fraction of sp³-hybridized carbons (Fsp3) is 0.417. The van der Waals surface area contributed by atoms with Gasteiger partial charge in [-0.3, -0.25) is 4.79 Å². The first-order valence-corrected chi connectivity index (χ1v) is 6.39. The molecular formula is C12H13BrFNO3. The van der Waals surface area contributed by atoms with E-state index in [2.05, 4.69) is 15.9 Å². The minimum atomic E-state index is -0.359. The van der Waals surface area contributed by atoms with Crippen LogP contribution in [0.25, 0.3) is 0 Å². The summed E-state index contributed by atoms with van der Waals surface area (Å²) < 4.78 is 23.8. The van der Waals surface area contributed by atoms with Crippen molar-refractivity contribution in [2.75, 3.05) is 32.9 Å². The maximum Gasteiger partial charge on any atom is 0.260 e. The smallest absolute Gasteiger partial charge is 0.260 e. The van der Waals surface area contributed by atoms with Gasteiger partial charge >= 0.3 is 0 Å². The summed E-state index contributed by atoms with van der Waals surface area (Å²) in [4.78, 5) is 13.5. The summed E-state index contributed by atoms with van der Waals surface area (Å²) in [6, 6.07) is 4.28. The number of amides is 1. The van der Waals surface area contributed by atoms with Crippen molar-refractivity contribution in [2.45, 2.75) is 0 Å². The molecule has 6 heteroatoms. The molecule has 1 aliphatic heterocycles. The number of rotatable bonds is 3. The lowest BCUT2D eigenvalue weighted by Crippen LogP contribution is -2.42. The molecule has 0 aliphatic carbocycles. The van der Waals surface area contributed by atoms with Gasteiger partial charge in [-0.1, -0.05) is 0 Å². The Labute approximate surface area is 113 Å². The molecule has 0 N–H and O–H groups in total. The van der Waals surface area contributed by atoms with Crippen LogP contribution >= 0.6 is 15.9 Å². The maximum atomic E-state index is 13.0. The van der Waals surface area contributed by atoms with E-state index in [4.69, 9.17) is 9.47 Å². The summed E-state index contributed by atoms with van der Waals surface area (Å²) >= 11 is 3.06. The Hall–Kier alpha value is -1.14. The molecule has 98 valence electrons. The summed E-state index contributed by atoms with van der Waals surface area (Å²) in [5, 5.41) is 0. The quantitative estimate of drug-likeness (QED) is 0.853.